The minimum absolute atomic E-state index is 0.00944. The Morgan fingerprint density at radius 3 is 2.81 bits per heavy atom. The molecular formula is C20H24N4O2S. The molecule has 6 nitrogen and oxygen atoms in total. The maximum atomic E-state index is 13.1. The topological polar surface area (TPSA) is 56.2 Å². The normalized spacial score (nSPS) is 22.5. The van der Waals surface area contributed by atoms with Gasteiger partial charge in [0.1, 0.15) is 6.04 Å². The number of aryl methyl sites for hydroxylation is 1. The fourth-order valence-electron chi connectivity index (χ4n) is 3.84. The quantitative estimate of drug-likeness (QED) is 0.802. The molecule has 0 saturated carbocycles. The predicted octanol–water partition coefficient (Wildman–Crippen LogP) is 2.20. The maximum Gasteiger partial charge on any atom is 0.263 e. The first-order valence-corrected chi connectivity index (χ1v) is 10.1. The van der Waals surface area contributed by atoms with Gasteiger partial charge in [0.15, 0.2) is 5.17 Å². The Labute approximate surface area is 163 Å². The van der Waals surface area contributed by atoms with Crippen molar-refractivity contribution in [2.75, 3.05) is 26.2 Å². The number of piperazine rings is 1. The lowest BCUT2D eigenvalue weighted by Gasteiger charge is -2.39. The lowest BCUT2D eigenvalue weighted by Crippen LogP contribution is -2.57. The number of rotatable bonds is 3. The van der Waals surface area contributed by atoms with Gasteiger partial charge in [0.25, 0.3) is 5.91 Å². The zero-order valence-corrected chi connectivity index (χ0v) is 16.8. The van der Waals surface area contributed by atoms with Crippen molar-refractivity contribution in [1.82, 2.24) is 14.7 Å². The van der Waals surface area contributed by atoms with Gasteiger partial charge in [-0.15, -0.1) is 0 Å². The summed E-state index contributed by atoms with van der Waals surface area (Å²) >= 11 is 1.44. The first-order valence-electron chi connectivity index (χ1n) is 9.31. The molecule has 1 aromatic rings. The number of thioether (sulfide) groups is 1. The lowest BCUT2D eigenvalue weighted by molar-refractivity contribution is -0.149. The highest BCUT2D eigenvalue weighted by Gasteiger charge is 2.40. The van der Waals surface area contributed by atoms with Crippen molar-refractivity contribution in [2.45, 2.75) is 33.4 Å². The molecule has 7 heteroatoms. The molecule has 4 rings (SSSR count). The van der Waals surface area contributed by atoms with Crippen molar-refractivity contribution in [3.05, 3.63) is 46.0 Å². The molecule has 0 N–H and O–H groups in total. The van der Waals surface area contributed by atoms with Crippen molar-refractivity contribution in [2.24, 2.45) is 4.99 Å². The van der Waals surface area contributed by atoms with E-state index >= 15 is 0 Å². The zero-order chi connectivity index (χ0) is 19.1. The first-order chi connectivity index (χ1) is 13.0. The first kappa shape index (κ1) is 18.1. The monoisotopic (exact) mass is 384 g/mol. The Morgan fingerprint density at radius 2 is 2.07 bits per heavy atom. The molecule has 0 aliphatic carbocycles. The van der Waals surface area contributed by atoms with Crippen LogP contribution in [0.15, 0.2) is 39.9 Å². The largest absolute Gasteiger partial charge is 0.335 e. The van der Waals surface area contributed by atoms with E-state index in [9.17, 15) is 9.59 Å². The van der Waals surface area contributed by atoms with Gasteiger partial charge in [-0.2, -0.15) is 0 Å². The SMILES string of the molecule is CC1=C(C(=O)N2CCN(Cc3cccc(C)c3)C(=O)C2C)SC2=NCCN21. The summed E-state index contributed by atoms with van der Waals surface area (Å²) in [4.78, 5) is 36.8. The van der Waals surface area contributed by atoms with Crippen LogP contribution in [0.5, 0.6) is 0 Å². The Bertz CT molecular complexity index is 863. The van der Waals surface area contributed by atoms with E-state index in [1.54, 1.807) is 4.90 Å². The van der Waals surface area contributed by atoms with Crippen molar-refractivity contribution in [3.8, 4) is 0 Å². The molecule has 0 bridgehead atoms. The molecule has 0 radical (unpaired) electrons. The number of carbonyl (C=O) groups excluding carboxylic acids is 2. The molecule has 1 aromatic carbocycles. The lowest BCUT2D eigenvalue weighted by atomic mass is 10.1. The summed E-state index contributed by atoms with van der Waals surface area (Å²) in [5.74, 6) is -0.0409. The van der Waals surface area contributed by atoms with Crippen molar-refractivity contribution >= 4 is 28.7 Å². The third-order valence-electron chi connectivity index (χ3n) is 5.39. The van der Waals surface area contributed by atoms with E-state index in [2.05, 4.69) is 28.9 Å². The Balaban J connectivity index is 1.46. The van der Waals surface area contributed by atoms with Crippen molar-refractivity contribution < 1.29 is 9.59 Å². The molecule has 1 unspecified atom stereocenters. The number of amides is 2. The average Bonchev–Trinajstić information content (AvgIpc) is 3.22. The number of hydrogen-bond donors (Lipinski definition) is 0. The maximum absolute atomic E-state index is 13.1. The molecule has 1 fully saturated rings. The highest BCUT2D eigenvalue weighted by atomic mass is 32.2. The summed E-state index contributed by atoms with van der Waals surface area (Å²) in [5, 5.41) is 0.910. The molecule has 3 heterocycles. The van der Waals surface area contributed by atoms with Crippen LogP contribution in [0.4, 0.5) is 0 Å². The second kappa shape index (κ2) is 7.03. The summed E-state index contributed by atoms with van der Waals surface area (Å²) in [6, 6.07) is 7.76. The minimum atomic E-state index is -0.450. The molecule has 1 atom stereocenters. The van der Waals surface area contributed by atoms with E-state index in [-0.39, 0.29) is 11.8 Å². The van der Waals surface area contributed by atoms with E-state index in [1.807, 2.05) is 30.9 Å². The second-order valence-electron chi connectivity index (χ2n) is 7.26. The summed E-state index contributed by atoms with van der Waals surface area (Å²) in [6.07, 6.45) is 0. The van der Waals surface area contributed by atoms with Crippen molar-refractivity contribution in [3.63, 3.8) is 0 Å². The molecule has 1 saturated heterocycles. The van der Waals surface area contributed by atoms with E-state index in [1.165, 1.54) is 17.3 Å². The van der Waals surface area contributed by atoms with Gasteiger partial charge in [0.05, 0.1) is 11.4 Å². The van der Waals surface area contributed by atoms with Crippen LogP contribution >= 0.6 is 11.8 Å². The molecular weight excluding hydrogens is 360 g/mol. The number of benzene rings is 1. The van der Waals surface area contributed by atoms with Crippen LogP contribution in [0.1, 0.15) is 25.0 Å². The van der Waals surface area contributed by atoms with Crippen LogP contribution in [0.25, 0.3) is 0 Å². The third kappa shape index (κ3) is 3.25. The average molecular weight is 385 g/mol. The number of aliphatic imine (C=N–C) groups is 1. The number of carbonyl (C=O) groups is 2. The third-order valence-corrected chi connectivity index (χ3v) is 6.59. The van der Waals surface area contributed by atoms with Gasteiger partial charge in [-0.1, -0.05) is 29.8 Å². The minimum Gasteiger partial charge on any atom is -0.335 e. The number of amidine groups is 1. The standard InChI is InChI=1S/C20H24N4O2S/c1-13-5-4-6-16(11-13)12-22-9-10-23(15(3)18(22)25)19(26)17-14(2)24-8-7-21-20(24)27-17/h4-6,11,15H,7-10,12H2,1-3H3. The summed E-state index contributed by atoms with van der Waals surface area (Å²) in [6.45, 7) is 9.18. The smallest absolute Gasteiger partial charge is 0.263 e. The molecule has 3 aliphatic rings. The molecule has 142 valence electrons. The van der Waals surface area contributed by atoms with Crippen LogP contribution in [0.3, 0.4) is 0 Å². The van der Waals surface area contributed by atoms with Crippen LogP contribution < -0.4 is 0 Å². The summed E-state index contributed by atoms with van der Waals surface area (Å²) in [5.41, 5.74) is 3.27. The molecule has 27 heavy (non-hydrogen) atoms. The number of hydrogen-bond acceptors (Lipinski definition) is 5. The van der Waals surface area contributed by atoms with E-state index < -0.39 is 6.04 Å². The van der Waals surface area contributed by atoms with Crippen LogP contribution in [0.2, 0.25) is 0 Å². The van der Waals surface area contributed by atoms with Gasteiger partial charge in [0, 0.05) is 31.9 Å². The van der Waals surface area contributed by atoms with Gasteiger partial charge in [0.2, 0.25) is 5.91 Å². The summed E-state index contributed by atoms with van der Waals surface area (Å²) in [7, 11) is 0. The summed E-state index contributed by atoms with van der Waals surface area (Å²) < 4.78 is 0. The van der Waals surface area contributed by atoms with Crippen LogP contribution in [-0.4, -0.2) is 63.9 Å². The highest BCUT2D eigenvalue weighted by molar-refractivity contribution is 8.18. The zero-order valence-electron chi connectivity index (χ0n) is 15.9. The number of allylic oxidation sites excluding steroid dienone is 1. The highest BCUT2D eigenvalue weighted by Crippen LogP contribution is 2.37. The molecule has 0 aromatic heterocycles. The van der Waals surface area contributed by atoms with E-state index in [0.29, 0.717) is 24.5 Å². The fourth-order valence-corrected chi connectivity index (χ4v) is 4.98. The van der Waals surface area contributed by atoms with Crippen LogP contribution in [-0.2, 0) is 16.1 Å². The van der Waals surface area contributed by atoms with E-state index in [0.717, 1.165) is 29.5 Å². The van der Waals surface area contributed by atoms with Gasteiger partial charge in [-0.05, 0) is 38.1 Å². The van der Waals surface area contributed by atoms with Gasteiger partial charge in [-0.3, -0.25) is 14.6 Å². The molecule has 0 spiro atoms. The molecule has 3 aliphatic heterocycles. The van der Waals surface area contributed by atoms with Gasteiger partial charge < -0.3 is 14.7 Å². The van der Waals surface area contributed by atoms with Gasteiger partial charge >= 0.3 is 0 Å². The number of fused-ring (bicyclic) bond motifs is 1. The Hall–Kier alpha value is -2.28. The fraction of sp³-hybridized carbons (Fsp3) is 0.450. The van der Waals surface area contributed by atoms with Gasteiger partial charge in [-0.25, -0.2) is 0 Å². The number of nitrogens with zero attached hydrogens (tertiary/aromatic N) is 4. The second-order valence-corrected chi connectivity index (χ2v) is 8.23. The molecule has 2 amide bonds. The van der Waals surface area contributed by atoms with Crippen LogP contribution in [0, 0.1) is 6.92 Å². The van der Waals surface area contributed by atoms with Crippen molar-refractivity contribution in [1.29, 1.82) is 0 Å². The Kier molecular flexibility index (Phi) is 4.72. The Morgan fingerprint density at radius 1 is 1.26 bits per heavy atom. The predicted molar refractivity (Wildman–Crippen MR) is 107 cm³/mol. The van der Waals surface area contributed by atoms with E-state index in [4.69, 9.17) is 0 Å².